The zero-order valence-electron chi connectivity index (χ0n) is 17.9. The van der Waals surface area contributed by atoms with E-state index in [-0.39, 0.29) is 12.1 Å². The molecule has 0 N–H and O–H groups in total. The number of hydrogen-bond donors (Lipinski definition) is 0. The van der Waals surface area contributed by atoms with Crippen molar-refractivity contribution in [2.24, 2.45) is 0 Å². The van der Waals surface area contributed by atoms with Gasteiger partial charge in [-0.1, -0.05) is 42.0 Å². The van der Waals surface area contributed by atoms with Crippen molar-refractivity contribution in [3.05, 3.63) is 76.5 Å². The summed E-state index contributed by atoms with van der Waals surface area (Å²) in [4.78, 5) is 31.9. The lowest BCUT2D eigenvalue weighted by atomic mass is 10.0. The van der Waals surface area contributed by atoms with E-state index in [4.69, 9.17) is 0 Å². The van der Waals surface area contributed by atoms with Crippen LogP contribution in [0, 0.1) is 6.92 Å². The third-order valence-electron chi connectivity index (χ3n) is 5.90. The highest BCUT2D eigenvalue weighted by Gasteiger charge is 2.42. The average Bonchev–Trinajstić information content (AvgIpc) is 2.99. The monoisotopic (exact) mass is 443 g/mol. The Morgan fingerprint density at radius 2 is 1.56 bits per heavy atom. The second kappa shape index (κ2) is 8.43. The maximum absolute atomic E-state index is 13.4. The highest BCUT2D eigenvalue weighted by molar-refractivity contribution is 6.35. The Kier molecular flexibility index (Phi) is 5.81. The van der Waals surface area contributed by atoms with Crippen LogP contribution in [0.5, 0.6) is 0 Å². The van der Waals surface area contributed by atoms with Crippen LogP contribution in [-0.4, -0.2) is 59.7 Å². The molecule has 168 valence electrons. The van der Waals surface area contributed by atoms with Crippen LogP contribution < -0.4 is 0 Å². The van der Waals surface area contributed by atoms with Gasteiger partial charge in [-0.15, -0.1) is 0 Å². The zero-order chi connectivity index (χ0) is 23.0. The van der Waals surface area contributed by atoms with Gasteiger partial charge < -0.3 is 9.80 Å². The van der Waals surface area contributed by atoms with Crippen LogP contribution in [0.25, 0.3) is 5.57 Å². The second-order valence-corrected chi connectivity index (χ2v) is 8.27. The number of amides is 2. The summed E-state index contributed by atoms with van der Waals surface area (Å²) in [5, 5.41) is 0. The van der Waals surface area contributed by atoms with Gasteiger partial charge in [0.25, 0.3) is 11.8 Å². The average molecular weight is 443 g/mol. The molecule has 1 saturated heterocycles. The van der Waals surface area contributed by atoms with Gasteiger partial charge >= 0.3 is 6.18 Å². The summed E-state index contributed by atoms with van der Waals surface area (Å²) in [5.74, 6) is -0.947. The molecule has 5 nitrogen and oxygen atoms in total. The van der Waals surface area contributed by atoms with E-state index in [0.29, 0.717) is 29.9 Å². The zero-order valence-corrected chi connectivity index (χ0v) is 17.9. The minimum atomic E-state index is -4.49. The highest BCUT2D eigenvalue weighted by Crippen LogP contribution is 2.34. The fraction of sp³-hybridized carbons (Fsp3) is 0.333. The molecule has 0 bridgehead atoms. The number of carbonyl (C=O) groups excluding carboxylic acids is 2. The van der Waals surface area contributed by atoms with E-state index in [0.717, 1.165) is 35.7 Å². The van der Waals surface area contributed by atoms with E-state index in [9.17, 15) is 22.8 Å². The summed E-state index contributed by atoms with van der Waals surface area (Å²) in [6, 6.07) is 12.1. The molecule has 0 aliphatic carbocycles. The van der Waals surface area contributed by atoms with Gasteiger partial charge in [-0.05, 0) is 37.2 Å². The molecular weight excluding hydrogens is 419 g/mol. The number of benzene rings is 2. The summed E-state index contributed by atoms with van der Waals surface area (Å²) in [6.07, 6.45) is -4.49. The Labute approximate surface area is 184 Å². The molecule has 32 heavy (non-hydrogen) atoms. The molecule has 2 heterocycles. The summed E-state index contributed by atoms with van der Waals surface area (Å²) in [6.45, 7) is 4.41. The number of piperazine rings is 1. The minimum Gasteiger partial charge on any atom is -0.364 e. The number of carbonyl (C=O) groups is 2. The van der Waals surface area contributed by atoms with Crippen molar-refractivity contribution >= 4 is 17.4 Å². The Bertz CT molecular complexity index is 1070. The summed E-state index contributed by atoms with van der Waals surface area (Å²) >= 11 is 0. The Balaban J connectivity index is 1.70. The molecule has 2 amide bonds. The molecule has 4 rings (SSSR count). The van der Waals surface area contributed by atoms with Crippen LogP contribution in [0.4, 0.5) is 13.2 Å². The third-order valence-corrected chi connectivity index (χ3v) is 5.90. The maximum atomic E-state index is 13.4. The Morgan fingerprint density at radius 3 is 2.19 bits per heavy atom. The topological polar surface area (TPSA) is 43.9 Å². The van der Waals surface area contributed by atoms with E-state index in [2.05, 4.69) is 4.90 Å². The van der Waals surface area contributed by atoms with Gasteiger partial charge in [-0.2, -0.15) is 13.2 Å². The summed E-state index contributed by atoms with van der Waals surface area (Å²) in [5.41, 5.74) is 1.75. The normalized spacial score (nSPS) is 18.2. The number of rotatable bonds is 4. The van der Waals surface area contributed by atoms with E-state index in [1.165, 1.54) is 12.1 Å². The van der Waals surface area contributed by atoms with Crippen molar-refractivity contribution in [1.82, 2.24) is 14.7 Å². The highest BCUT2D eigenvalue weighted by atomic mass is 19.4. The molecule has 2 aliphatic heterocycles. The van der Waals surface area contributed by atoms with Crippen molar-refractivity contribution in [3.63, 3.8) is 0 Å². The third kappa shape index (κ3) is 4.27. The lowest BCUT2D eigenvalue weighted by Crippen LogP contribution is -2.46. The molecule has 1 fully saturated rings. The molecule has 0 unspecified atom stereocenters. The first-order chi connectivity index (χ1) is 15.1. The maximum Gasteiger partial charge on any atom is 0.416 e. The van der Waals surface area contributed by atoms with Crippen LogP contribution in [-0.2, 0) is 22.3 Å². The minimum absolute atomic E-state index is 0.214. The molecule has 0 atom stereocenters. The van der Waals surface area contributed by atoms with Gasteiger partial charge in [-0.25, -0.2) is 0 Å². The van der Waals surface area contributed by atoms with Crippen molar-refractivity contribution in [3.8, 4) is 0 Å². The summed E-state index contributed by atoms with van der Waals surface area (Å²) in [7, 11) is 1.99. The standard InChI is InChI=1S/C24H24F3N3O2/c1-16-6-8-18(9-7-16)20-21(29-12-10-28(2)11-13-29)23(32)30(22(20)31)15-17-4-3-5-19(14-17)24(25,26)27/h3-9,14H,10-13,15H2,1-2H3. The van der Waals surface area contributed by atoms with E-state index < -0.39 is 23.6 Å². The van der Waals surface area contributed by atoms with Crippen LogP contribution >= 0.6 is 0 Å². The van der Waals surface area contributed by atoms with Gasteiger partial charge in [0, 0.05) is 26.2 Å². The Morgan fingerprint density at radius 1 is 0.906 bits per heavy atom. The van der Waals surface area contributed by atoms with E-state index >= 15 is 0 Å². The van der Waals surface area contributed by atoms with Crippen LogP contribution in [0.2, 0.25) is 0 Å². The first-order valence-electron chi connectivity index (χ1n) is 10.4. The summed E-state index contributed by atoms with van der Waals surface area (Å²) < 4.78 is 39.4. The molecule has 0 radical (unpaired) electrons. The van der Waals surface area contributed by atoms with Crippen molar-refractivity contribution in [2.75, 3.05) is 33.2 Å². The van der Waals surface area contributed by atoms with Crippen LogP contribution in [0.3, 0.4) is 0 Å². The number of likely N-dealkylation sites (N-methyl/N-ethyl adjacent to an activating group) is 1. The Hall–Kier alpha value is -3.13. The predicted octanol–water partition coefficient (Wildman–Crippen LogP) is 3.54. The first-order valence-corrected chi connectivity index (χ1v) is 10.4. The molecule has 0 saturated carbocycles. The van der Waals surface area contributed by atoms with Crippen molar-refractivity contribution in [1.29, 1.82) is 0 Å². The smallest absolute Gasteiger partial charge is 0.364 e. The molecule has 0 aromatic heterocycles. The van der Waals surface area contributed by atoms with Gasteiger partial charge in [-0.3, -0.25) is 14.5 Å². The number of hydrogen-bond acceptors (Lipinski definition) is 4. The number of nitrogens with zero attached hydrogens (tertiary/aromatic N) is 3. The van der Waals surface area contributed by atoms with Crippen LogP contribution in [0.15, 0.2) is 54.2 Å². The van der Waals surface area contributed by atoms with Crippen LogP contribution in [0.1, 0.15) is 22.3 Å². The molecule has 0 spiro atoms. The van der Waals surface area contributed by atoms with Crippen molar-refractivity contribution in [2.45, 2.75) is 19.6 Å². The SMILES string of the molecule is Cc1ccc(C2=C(N3CCN(C)CC3)C(=O)N(Cc3cccc(C(F)(F)F)c3)C2=O)cc1. The van der Waals surface area contributed by atoms with Gasteiger partial charge in [0.1, 0.15) is 5.70 Å². The number of imide groups is 1. The second-order valence-electron chi connectivity index (χ2n) is 8.27. The van der Waals surface area contributed by atoms with Gasteiger partial charge in [0.2, 0.25) is 0 Å². The lowest BCUT2D eigenvalue weighted by molar-refractivity contribution is -0.138. The molecular formula is C24H24F3N3O2. The van der Waals surface area contributed by atoms with Gasteiger partial charge in [0.15, 0.2) is 0 Å². The molecule has 2 aliphatic rings. The fourth-order valence-electron chi connectivity index (χ4n) is 4.04. The van der Waals surface area contributed by atoms with E-state index in [1.807, 2.05) is 31.0 Å². The predicted molar refractivity (Wildman–Crippen MR) is 114 cm³/mol. The molecule has 2 aromatic rings. The van der Waals surface area contributed by atoms with E-state index in [1.54, 1.807) is 12.1 Å². The fourth-order valence-corrected chi connectivity index (χ4v) is 4.04. The molecule has 2 aromatic carbocycles. The number of aryl methyl sites for hydroxylation is 1. The largest absolute Gasteiger partial charge is 0.416 e. The molecule has 8 heteroatoms. The lowest BCUT2D eigenvalue weighted by Gasteiger charge is -2.34. The van der Waals surface area contributed by atoms with Crippen molar-refractivity contribution < 1.29 is 22.8 Å². The number of halogens is 3. The van der Waals surface area contributed by atoms with Gasteiger partial charge in [0.05, 0.1) is 17.7 Å². The quantitative estimate of drug-likeness (QED) is 0.678. The number of alkyl halides is 3. The first kappa shape index (κ1) is 22.1.